The molecule has 1 heterocycles. The second kappa shape index (κ2) is 5.23. The zero-order chi connectivity index (χ0) is 15.9. The third-order valence-corrected chi connectivity index (χ3v) is 3.44. The first-order valence-corrected chi connectivity index (χ1v) is 6.62. The number of aromatic hydroxyl groups is 1. The summed E-state index contributed by atoms with van der Waals surface area (Å²) in [4.78, 5) is 29.7. The SMILES string of the molecule is CC(ON1C(=O)c2ccccc2C1=O)c1ccc(O)cc1F. The van der Waals surface area contributed by atoms with E-state index in [0.717, 1.165) is 6.07 Å². The van der Waals surface area contributed by atoms with E-state index < -0.39 is 23.7 Å². The number of imide groups is 1. The van der Waals surface area contributed by atoms with Gasteiger partial charge in [-0.3, -0.25) is 14.4 Å². The molecule has 2 aromatic rings. The molecule has 0 aliphatic carbocycles. The average Bonchev–Trinajstić information content (AvgIpc) is 2.73. The molecule has 0 spiro atoms. The third-order valence-electron chi connectivity index (χ3n) is 3.44. The van der Waals surface area contributed by atoms with Crippen LogP contribution in [0.4, 0.5) is 4.39 Å². The summed E-state index contributed by atoms with van der Waals surface area (Å²) in [5.74, 6) is -2.04. The van der Waals surface area contributed by atoms with Crippen molar-refractivity contribution in [1.29, 1.82) is 0 Å². The summed E-state index contributed by atoms with van der Waals surface area (Å²) in [6.45, 7) is 1.51. The Morgan fingerprint density at radius 2 is 1.68 bits per heavy atom. The van der Waals surface area contributed by atoms with Crippen molar-refractivity contribution in [3.63, 3.8) is 0 Å². The Balaban J connectivity index is 1.85. The van der Waals surface area contributed by atoms with E-state index in [0.29, 0.717) is 5.06 Å². The highest BCUT2D eigenvalue weighted by Crippen LogP contribution is 2.29. The van der Waals surface area contributed by atoms with Crippen molar-refractivity contribution in [1.82, 2.24) is 5.06 Å². The zero-order valence-corrected chi connectivity index (χ0v) is 11.6. The Labute approximate surface area is 125 Å². The van der Waals surface area contributed by atoms with Crippen LogP contribution in [0.1, 0.15) is 39.3 Å². The van der Waals surface area contributed by atoms with Gasteiger partial charge in [-0.15, -0.1) is 5.06 Å². The molecule has 1 N–H and O–H groups in total. The largest absolute Gasteiger partial charge is 0.508 e. The van der Waals surface area contributed by atoms with Gasteiger partial charge in [0.25, 0.3) is 11.8 Å². The number of amides is 2. The topological polar surface area (TPSA) is 66.8 Å². The van der Waals surface area contributed by atoms with Gasteiger partial charge in [0, 0.05) is 11.6 Å². The van der Waals surface area contributed by atoms with Gasteiger partial charge < -0.3 is 5.11 Å². The molecule has 1 aliphatic heterocycles. The molecular formula is C16H12FNO4. The summed E-state index contributed by atoms with van der Waals surface area (Å²) in [5.41, 5.74) is 0.645. The number of hydrogen-bond acceptors (Lipinski definition) is 4. The lowest BCUT2D eigenvalue weighted by molar-refractivity contribution is -0.129. The van der Waals surface area contributed by atoms with Crippen molar-refractivity contribution in [2.75, 3.05) is 0 Å². The van der Waals surface area contributed by atoms with Crippen LogP contribution in [0.15, 0.2) is 42.5 Å². The number of nitrogens with zero attached hydrogens (tertiary/aromatic N) is 1. The van der Waals surface area contributed by atoms with Crippen molar-refractivity contribution in [3.8, 4) is 5.75 Å². The van der Waals surface area contributed by atoms with Gasteiger partial charge in [0.15, 0.2) is 0 Å². The number of fused-ring (bicyclic) bond motifs is 1. The van der Waals surface area contributed by atoms with Crippen LogP contribution in [-0.2, 0) is 4.84 Å². The quantitative estimate of drug-likeness (QED) is 0.885. The molecule has 0 fully saturated rings. The summed E-state index contributed by atoms with van der Waals surface area (Å²) < 4.78 is 13.8. The fourth-order valence-electron chi connectivity index (χ4n) is 2.32. The van der Waals surface area contributed by atoms with E-state index >= 15 is 0 Å². The van der Waals surface area contributed by atoms with Crippen LogP contribution in [0, 0.1) is 5.82 Å². The van der Waals surface area contributed by atoms with Crippen LogP contribution in [-0.4, -0.2) is 22.0 Å². The second-order valence-electron chi connectivity index (χ2n) is 4.90. The van der Waals surface area contributed by atoms with Crippen LogP contribution in [0.3, 0.4) is 0 Å². The minimum absolute atomic E-state index is 0.134. The molecule has 1 unspecified atom stereocenters. The average molecular weight is 301 g/mol. The van der Waals surface area contributed by atoms with Crippen LogP contribution < -0.4 is 0 Å². The van der Waals surface area contributed by atoms with E-state index in [2.05, 4.69) is 0 Å². The summed E-state index contributed by atoms with van der Waals surface area (Å²) in [5, 5.41) is 9.85. The zero-order valence-electron chi connectivity index (χ0n) is 11.6. The molecule has 0 bridgehead atoms. The van der Waals surface area contributed by atoms with Gasteiger partial charge in [0.05, 0.1) is 11.1 Å². The molecular weight excluding hydrogens is 289 g/mol. The molecule has 112 valence electrons. The number of benzene rings is 2. The molecule has 3 rings (SSSR count). The summed E-state index contributed by atoms with van der Waals surface area (Å²) in [7, 11) is 0. The lowest BCUT2D eigenvalue weighted by atomic mass is 10.1. The molecule has 2 amide bonds. The summed E-state index contributed by atoms with van der Waals surface area (Å²) in [6, 6.07) is 9.95. The monoisotopic (exact) mass is 301 g/mol. The fraction of sp³-hybridized carbons (Fsp3) is 0.125. The Morgan fingerprint density at radius 3 is 2.23 bits per heavy atom. The number of phenols is 1. The number of carbonyl (C=O) groups excluding carboxylic acids is 2. The molecule has 2 aromatic carbocycles. The van der Waals surface area contributed by atoms with Gasteiger partial charge in [0.2, 0.25) is 0 Å². The van der Waals surface area contributed by atoms with Gasteiger partial charge in [-0.25, -0.2) is 4.39 Å². The van der Waals surface area contributed by atoms with E-state index in [4.69, 9.17) is 4.84 Å². The van der Waals surface area contributed by atoms with Crippen LogP contribution in [0.2, 0.25) is 0 Å². The first-order valence-electron chi connectivity index (χ1n) is 6.62. The highest BCUT2D eigenvalue weighted by molar-refractivity contribution is 6.20. The van der Waals surface area contributed by atoms with E-state index in [1.165, 1.54) is 31.2 Å². The normalized spacial score (nSPS) is 15.1. The van der Waals surface area contributed by atoms with Crippen molar-refractivity contribution in [3.05, 3.63) is 65.0 Å². The van der Waals surface area contributed by atoms with Crippen molar-refractivity contribution >= 4 is 11.8 Å². The molecule has 5 nitrogen and oxygen atoms in total. The van der Waals surface area contributed by atoms with Crippen molar-refractivity contribution < 1.29 is 23.9 Å². The van der Waals surface area contributed by atoms with Gasteiger partial charge in [-0.1, -0.05) is 12.1 Å². The van der Waals surface area contributed by atoms with Crippen LogP contribution in [0.25, 0.3) is 0 Å². The van der Waals surface area contributed by atoms with Gasteiger partial charge in [0.1, 0.15) is 17.7 Å². The predicted molar refractivity (Wildman–Crippen MR) is 74.5 cm³/mol. The predicted octanol–water partition coefficient (Wildman–Crippen LogP) is 2.82. The molecule has 0 saturated heterocycles. The van der Waals surface area contributed by atoms with Crippen molar-refractivity contribution in [2.24, 2.45) is 0 Å². The van der Waals surface area contributed by atoms with E-state index in [-0.39, 0.29) is 22.4 Å². The standard InChI is InChI=1S/C16H12FNO4/c1-9(11-7-6-10(19)8-14(11)17)22-18-15(20)12-4-2-3-5-13(12)16(18)21/h2-9,19H,1H3. The molecule has 0 saturated carbocycles. The lowest BCUT2D eigenvalue weighted by Crippen LogP contribution is -2.31. The molecule has 1 aliphatic rings. The fourth-order valence-corrected chi connectivity index (χ4v) is 2.32. The molecule has 22 heavy (non-hydrogen) atoms. The number of carbonyl (C=O) groups is 2. The number of hydroxylamine groups is 2. The molecule has 0 aromatic heterocycles. The Kier molecular flexibility index (Phi) is 3.38. The third kappa shape index (κ3) is 2.23. The van der Waals surface area contributed by atoms with E-state index in [9.17, 15) is 19.1 Å². The lowest BCUT2D eigenvalue weighted by Gasteiger charge is -2.20. The van der Waals surface area contributed by atoms with E-state index in [1.807, 2.05) is 0 Å². The summed E-state index contributed by atoms with van der Waals surface area (Å²) >= 11 is 0. The number of rotatable bonds is 3. The molecule has 0 radical (unpaired) electrons. The second-order valence-corrected chi connectivity index (χ2v) is 4.90. The highest BCUT2D eigenvalue weighted by atomic mass is 19.1. The first-order chi connectivity index (χ1) is 10.5. The van der Waals surface area contributed by atoms with Crippen LogP contribution >= 0.6 is 0 Å². The minimum atomic E-state index is -0.872. The van der Waals surface area contributed by atoms with Gasteiger partial charge in [-0.2, -0.15) is 0 Å². The maximum absolute atomic E-state index is 13.8. The Hall–Kier alpha value is -2.73. The van der Waals surface area contributed by atoms with Gasteiger partial charge >= 0.3 is 0 Å². The Bertz CT molecular complexity index is 739. The van der Waals surface area contributed by atoms with Crippen LogP contribution in [0.5, 0.6) is 5.75 Å². The molecule has 6 heteroatoms. The molecule has 1 atom stereocenters. The number of hydrogen-bond donors (Lipinski definition) is 1. The maximum Gasteiger partial charge on any atom is 0.285 e. The smallest absolute Gasteiger partial charge is 0.285 e. The summed E-state index contributed by atoms with van der Waals surface area (Å²) in [6.07, 6.45) is -0.872. The minimum Gasteiger partial charge on any atom is -0.508 e. The number of phenolic OH excluding ortho intramolecular Hbond substituents is 1. The highest BCUT2D eigenvalue weighted by Gasteiger charge is 2.37. The maximum atomic E-state index is 13.8. The van der Waals surface area contributed by atoms with Gasteiger partial charge in [-0.05, 0) is 31.2 Å². The van der Waals surface area contributed by atoms with E-state index in [1.54, 1.807) is 12.1 Å². The first kappa shape index (κ1) is 14.2. The van der Waals surface area contributed by atoms with Crippen molar-refractivity contribution in [2.45, 2.75) is 13.0 Å². The number of halogens is 1. The Morgan fingerprint density at radius 1 is 1.09 bits per heavy atom.